The number of aryl methyl sites for hydroxylation is 1. The molecular weight excluding hydrogens is 274 g/mol. The minimum absolute atomic E-state index is 0.0232. The zero-order valence-electron chi connectivity index (χ0n) is 12.1. The molecule has 4 nitrogen and oxygen atoms in total. The van der Waals surface area contributed by atoms with E-state index in [1.165, 1.54) is 0 Å². The fraction of sp³-hybridized carbons (Fsp3) is 0.467. The van der Waals surface area contributed by atoms with Gasteiger partial charge in [-0.2, -0.15) is 5.10 Å². The Labute approximate surface area is 124 Å². The molecule has 1 N–H and O–H groups in total. The van der Waals surface area contributed by atoms with Crippen molar-refractivity contribution in [2.75, 3.05) is 5.88 Å². The number of para-hydroxylation sites is 1. The van der Waals surface area contributed by atoms with Crippen LogP contribution in [0.3, 0.4) is 0 Å². The van der Waals surface area contributed by atoms with Gasteiger partial charge in [-0.3, -0.25) is 9.48 Å². The summed E-state index contributed by atoms with van der Waals surface area (Å²) in [7, 11) is 1.84. The maximum Gasteiger partial charge on any atom is 0.272 e. The first kappa shape index (κ1) is 14.9. The number of nitrogens with one attached hydrogen (secondary N) is 1. The molecule has 0 aliphatic heterocycles. The van der Waals surface area contributed by atoms with Crippen molar-refractivity contribution in [2.45, 2.75) is 26.3 Å². The molecule has 1 aromatic heterocycles. The molecule has 1 heterocycles. The largest absolute Gasteiger partial charge is 0.347 e. The Hall–Kier alpha value is -1.55. The maximum atomic E-state index is 12.4. The third-order valence-corrected chi connectivity index (χ3v) is 3.62. The molecule has 0 aliphatic carbocycles. The highest BCUT2D eigenvalue weighted by Gasteiger charge is 2.19. The zero-order chi connectivity index (χ0) is 14.7. The van der Waals surface area contributed by atoms with Crippen LogP contribution in [-0.2, 0) is 7.05 Å². The van der Waals surface area contributed by atoms with Crippen molar-refractivity contribution in [3.05, 3.63) is 30.0 Å². The summed E-state index contributed by atoms with van der Waals surface area (Å²) in [6, 6.07) is 7.69. The molecular formula is C15H20ClN3O. The van der Waals surface area contributed by atoms with Crippen LogP contribution in [0.5, 0.6) is 0 Å². The number of benzene rings is 1. The molecule has 108 valence electrons. The number of amides is 1. The van der Waals surface area contributed by atoms with Gasteiger partial charge in [0.25, 0.3) is 5.91 Å². The van der Waals surface area contributed by atoms with Gasteiger partial charge in [-0.25, -0.2) is 0 Å². The number of hydrogen-bond acceptors (Lipinski definition) is 2. The Kier molecular flexibility index (Phi) is 4.65. The van der Waals surface area contributed by atoms with Crippen molar-refractivity contribution in [1.82, 2.24) is 15.1 Å². The van der Waals surface area contributed by atoms with Gasteiger partial charge in [0, 0.05) is 24.4 Å². The molecule has 1 atom stereocenters. The summed E-state index contributed by atoms with van der Waals surface area (Å²) in [5, 5.41) is 8.16. The molecule has 0 radical (unpaired) electrons. The average molecular weight is 294 g/mol. The lowest BCUT2D eigenvalue weighted by Crippen LogP contribution is -2.37. The number of carbonyl (C=O) groups is 1. The lowest BCUT2D eigenvalue weighted by atomic mass is 10.0. The Morgan fingerprint density at radius 2 is 2.10 bits per heavy atom. The number of nitrogens with zero attached hydrogens (tertiary/aromatic N) is 2. The van der Waals surface area contributed by atoms with Crippen LogP contribution < -0.4 is 5.32 Å². The number of alkyl halides is 1. The Morgan fingerprint density at radius 3 is 2.75 bits per heavy atom. The van der Waals surface area contributed by atoms with Crippen molar-refractivity contribution >= 4 is 28.4 Å². The molecule has 0 fully saturated rings. The fourth-order valence-corrected chi connectivity index (χ4v) is 2.57. The molecule has 20 heavy (non-hydrogen) atoms. The van der Waals surface area contributed by atoms with Crippen LogP contribution in [0.15, 0.2) is 24.3 Å². The van der Waals surface area contributed by atoms with Crippen molar-refractivity contribution in [2.24, 2.45) is 13.0 Å². The van der Waals surface area contributed by atoms with E-state index in [-0.39, 0.29) is 11.9 Å². The summed E-state index contributed by atoms with van der Waals surface area (Å²) in [6.45, 7) is 4.23. The SMILES string of the molecule is CC(C)CC(CCl)NC(=O)c1nn(C)c2ccccc12. The van der Waals surface area contributed by atoms with Gasteiger partial charge in [0.15, 0.2) is 5.69 Å². The molecule has 2 aromatic rings. The highest BCUT2D eigenvalue weighted by Crippen LogP contribution is 2.17. The number of halogens is 1. The number of fused-ring (bicyclic) bond motifs is 1. The normalized spacial score (nSPS) is 12.8. The summed E-state index contributed by atoms with van der Waals surface area (Å²) in [5.41, 5.74) is 1.41. The standard InChI is InChI=1S/C15H20ClN3O/c1-10(2)8-11(9-16)17-15(20)14-12-6-4-5-7-13(12)19(3)18-14/h4-7,10-11H,8-9H2,1-3H3,(H,17,20). The van der Waals surface area contributed by atoms with Crippen molar-refractivity contribution in [3.63, 3.8) is 0 Å². The molecule has 0 aliphatic rings. The molecule has 0 saturated heterocycles. The number of hydrogen-bond donors (Lipinski definition) is 1. The lowest BCUT2D eigenvalue weighted by Gasteiger charge is -2.17. The smallest absolute Gasteiger partial charge is 0.272 e. The van der Waals surface area contributed by atoms with Gasteiger partial charge in [0.05, 0.1) is 5.52 Å². The van der Waals surface area contributed by atoms with Gasteiger partial charge in [0.2, 0.25) is 0 Å². The van der Waals surface area contributed by atoms with E-state index >= 15 is 0 Å². The number of aromatic nitrogens is 2. The average Bonchev–Trinajstić information content (AvgIpc) is 2.75. The first-order valence-corrected chi connectivity index (χ1v) is 7.35. The minimum Gasteiger partial charge on any atom is -0.347 e. The second-order valence-corrected chi connectivity index (χ2v) is 5.75. The topological polar surface area (TPSA) is 46.9 Å². The van der Waals surface area contributed by atoms with Gasteiger partial charge < -0.3 is 5.32 Å². The molecule has 0 bridgehead atoms. The van der Waals surface area contributed by atoms with Crippen LogP contribution in [0.2, 0.25) is 0 Å². The first-order chi connectivity index (χ1) is 9.52. The quantitative estimate of drug-likeness (QED) is 0.862. The van der Waals surface area contributed by atoms with Gasteiger partial charge >= 0.3 is 0 Å². The second kappa shape index (κ2) is 6.27. The maximum absolute atomic E-state index is 12.4. The van der Waals surface area contributed by atoms with Gasteiger partial charge in [0.1, 0.15) is 0 Å². The van der Waals surface area contributed by atoms with E-state index in [4.69, 9.17) is 11.6 Å². The third-order valence-electron chi connectivity index (χ3n) is 3.25. The molecule has 1 amide bonds. The molecule has 2 rings (SSSR count). The minimum atomic E-state index is -0.159. The van der Waals surface area contributed by atoms with Crippen LogP contribution >= 0.6 is 11.6 Å². The van der Waals surface area contributed by atoms with E-state index < -0.39 is 0 Å². The van der Waals surface area contributed by atoms with Crippen LogP contribution in [0.25, 0.3) is 10.9 Å². The monoisotopic (exact) mass is 293 g/mol. The molecule has 0 spiro atoms. The summed E-state index contributed by atoms with van der Waals surface area (Å²) < 4.78 is 1.72. The van der Waals surface area contributed by atoms with E-state index in [9.17, 15) is 4.79 Å². The van der Waals surface area contributed by atoms with Gasteiger partial charge in [-0.05, 0) is 18.4 Å². The van der Waals surface area contributed by atoms with Crippen molar-refractivity contribution in [3.8, 4) is 0 Å². The second-order valence-electron chi connectivity index (χ2n) is 5.44. The van der Waals surface area contributed by atoms with Crippen molar-refractivity contribution in [1.29, 1.82) is 0 Å². The predicted molar refractivity (Wildman–Crippen MR) is 82.1 cm³/mol. The summed E-state index contributed by atoms with van der Waals surface area (Å²) in [6.07, 6.45) is 0.861. The Bertz CT molecular complexity index is 606. The van der Waals surface area contributed by atoms with Crippen LogP contribution in [0, 0.1) is 5.92 Å². The lowest BCUT2D eigenvalue weighted by molar-refractivity contribution is 0.0932. The third kappa shape index (κ3) is 3.12. The highest BCUT2D eigenvalue weighted by atomic mass is 35.5. The van der Waals surface area contributed by atoms with Crippen LogP contribution in [0.4, 0.5) is 0 Å². The highest BCUT2D eigenvalue weighted by molar-refractivity contribution is 6.18. The summed E-state index contributed by atoms with van der Waals surface area (Å²) in [4.78, 5) is 12.4. The Morgan fingerprint density at radius 1 is 1.40 bits per heavy atom. The van der Waals surface area contributed by atoms with E-state index in [0.29, 0.717) is 17.5 Å². The molecule has 0 saturated carbocycles. The first-order valence-electron chi connectivity index (χ1n) is 6.81. The Balaban J connectivity index is 2.23. The van der Waals surface area contributed by atoms with Gasteiger partial charge in [-0.15, -0.1) is 11.6 Å². The zero-order valence-corrected chi connectivity index (χ0v) is 12.8. The van der Waals surface area contributed by atoms with Gasteiger partial charge in [-0.1, -0.05) is 32.0 Å². The van der Waals surface area contributed by atoms with Crippen molar-refractivity contribution < 1.29 is 4.79 Å². The van der Waals surface area contributed by atoms with Crippen LogP contribution in [0.1, 0.15) is 30.8 Å². The fourth-order valence-electron chi connectivity index (χ4n) is 2.36. The summed E-state index contributed by atoms with van der Waals surface area (Å²) >= 11 is 5.93. The van der Waals surface area contributed by atoms with E-state index in [2.05, 4.69) is 24.3 Å². The van der Waals surface area contributed by atoms with E-state index in [0.717, 1.165) is 17.3 Å². The van der Waals surface area contributed by atoms with E-state index in [1.807, 2.05) is 31.3 Å². The molecule has 1 aromatic carbocycles. The number of carbonyl (C=O) groups excluding carboxylic acids is 1. The molecule has 5 heteroatoms. The molecule has 1 unspecified atom stereocenters. The predicted octanol–water partition coefficient (Wildman–Crippen LogP) is 2.96. The number of rotatable bonds is 5. The summed E-state index contributed by atoms with van der Waals surface area (Å²) in [5.74, 6) is 0.738. The van der Waals surface area contributed by atoms with E-state index in [1.54, 1.807) is 4.68 Å². The van der Waals surface area contributed by atoms with Crippen LogP contribution in [-0.4, -0.2) is 27.6 Å².